The zero-order chi connectivity index (χ0) is 19.1. The van der Waals surface area contributed by atoms with Crippen LogP contribution < -0.4 is 39.8 Å². The normalized spacial score (nSPS) is 21.5. The molecule has 7 heteroatoms. The highest BCUT2D eigenvalue weighted by molar-refractivity contribution is 5.76. The van der Waals surface area contributed by atoms with E-state index in [1.165, 1.54) is 29.1 Å². The van der Waals surface area contributed by atoms with Crippen LogP contribution in [0, 0.1) is 0 Å². The average Bonchev–Trinajstić information content (AvgIpc) is 3.19. The first-order chi connectivity index (χ1) is 13.2. The second kappa shape index (κ2) is 11.6. The Bertz CT molecular complexity index is 639. The number of amides is 2. The van der Waals surface area contributed by atoms with Crippen LogP contribution in [0.4, 0.5) is 4.79 Å². The molecule has 2 aliphatic rings. The molecule has 2 atom stereocenters. The van der Waals surface area contributed by atoms with Gasteiger partial charge in [-0.2, -0.15) is 0 Å². The molecule has 0 aliphatic carbocycles. The van der Waals surface area contributed by atoms with E-state index in [1.807, 2.05) is 11.0 Å². The Morgan fingerprint density at radius 3 is 2.71 bits per heavy atom. The zero-order valence-corrected chi connectivity index (χ0v) is 19.2. The first-order valence-corrected chi connectivity index (χ1v) is 10.3. The highest BCUT2D eigenvalue weighted by Gasteiger charge is 2.28. The average molecular weight is 499 g/mol. The Morgan fingerprint density at radius 2 is 1.96 bits per heavy atom. The van der Waals surface area contributed by atoms with Gasteiger partial charge in [0.25, 0.3) is 0 Å². The van der Waals surface area contributed by atoms with Crippen LogP contribution in [0.1, 0.15) is 44.6 Å². The van der Waals surface area contributed by atoms with Gasteiger partial charge in [0, 0.05) is 20.1 Å². The third-order valence-electron chi connectivity index (χ3n) is 5.37. The fraction of sp³-hybridized carbons (Fsp3) is 0.571. The number of allylic oxidation sites excluding steroid dienone is 1. The standard InChI is InChI=1S/C21H33N5O.HI/c1-3-4-14-26-17-20(24(2)23-26)12-8-9-13-25-16-19(22-21(25)27)15-18-10-6-5-7-11-18;/h5-7,10-11,17,19,23H,3-4,8-9,12-16H2,1-2H3,(H,22,27);1H/t19-;/m0./s1. The number of carbonyl (C=O) groups is 1. The van der Waals surface area contributed by atoms with Crippen molar-refractivity contribution in [1.82, 2.24) is 20.8 Å². The molecular formula is C21H34IN5O. The molecule has 0 spiro atoms. The first kappa shape index (κ1) is 23.0. The van der Waals surface area contributed by atoms with Crippen molar-refractivity contribution < 1.29 is 33.8 Å². The molecule has 1 saturated heterocycles. The molecule has 2 aliphatic heterocycles. The predicted octanol–water partition coefficient (Wildman–Crippen LogP) is -1.31. The number of nitrogens with one attached hydrogen (secondary N) is 3. The van der Waals surface area contributed by atoms with E-state index in [9.17, 15) is 4.79 Å². The molecule has 3 rings (SSSR count). The monoisotopic (exact) mass is 499 g/mol. The van der Waals surface area contributed by atoms with E-state index in [0.717, 1.165) is 45.3 Å². The number of urea groups is 1. The fourth-order valence-electron chi connectivity index (χ4n) is 3.83. The lowest BCUT2D eigenvalue weighted by Gasteiger charge is -2.16. The second-order valence-corrected chi connectivity index (χ2v) is 7.67. The van der Waals surface area contributed by atoms with Crippen LogP contribution in [0.2, 0.25) is 0 Å². The van der Waals surface area contributed by atoms with Gasteiger partial charge in [-0.15, -0.1) is 0 Å². The summed E-state index contributed by atoms with van der Waals surface area (Å²) in [6, 6.07) is 10.7. The van der Waals surface area contributed by atoms with Gasteiger partial charge in [-0.1, -0.05) is 49.2 Å². The summed E-state index contributed by atoms with van der Waals surface area (Å²) in [7, 11) is 2.09. The van der Waals surface area contributed by atoms with Crippen LogP contribution >= 0.6 is 0 Å². The molecule has 3 N–H and O–H groups in total. The molecular weight excluding hydrogens is 465 g/mol. The number of hydrogen-bond donors (Lipinski definition) is 3. The maximum absolute atomic E-state index is 12.2. The van der Waals surface area contributed by atoms with Crippen LogP contribution in [0.25, 0.3) is 0 Å². The number of carbonyl (C=O) groups excluding carboxylic acids is 1. The number of hydrogen-bond acceptors (Lipinski definition) is 3. The summed E-state index contributed by atoms with van der Waals surface area (Å²) >= 11 is 0. The van der Waals surface area contributed by atoms with E-state index in [-0.39, 0.29) is 36.0 Å². The second-order valence-electron chi connectivity index (χ2n) is 7.67. The van der Waals surface area contributed by atoms with Gasteiger partial charge in [0.05, 0.1) is 11.7 Å². The van der Waals surface area contributed by atoms with Gasteiger partial charge >= 0.3 is 6.03 Å². The van der Waals surface area contributed by atoms with Crippen molar-refractivity contribution in [2.75, 3.05) is 26.7 Å². The van der Waals surface area contributed by atoms with Crippen molar-refractivity contribution in [1.29, 1.82) is 0 Å². The van der Waals surface area contributed by atoms with Gasteiger partial charge in [-0.3, -0.25) is 5.01 Å². The molecule has 0 saturated carbocycles. The van der Waals surface area contributed by atoms with Gasteiger partial charge in [-0.05, 0) is 37.7 Å². The van der Waals surface area contributed by atoms with Gasteiger partial charge < -0.3 is 34.2 Å². The highest BCUT2D eigenvalue weighted by atomic mass is 127. The maximum Gasteiger partial charge on any atom is 0.317 e. The summed E-state index contributed by atoms with van der Waals surface area (Å²) in [5.74, 6) is 0. The lowest BCUT2D eigenvalue weighted by molar-refractivity contribution is -0.901. The summed E-state index contributed by atoms with van der Waals surface area (Å²) in [5, 5.41) is 6.59. The summed E-state index contributed by atoms with van der Waals surface area (Å²) in [4.78, 5) is 14.2. The van der Waals surface area contributed by atoms with E-state index in [1.54, 1.807) is 0 Å². The number of benzene rings is 1. The van der Waals surface area contributed by atoms with Crippen LogP contribution in [0.15, 0.2) is 42.2 Å². The number of rotatable bonds is 10. The molecule has 0 radical (unpaired) electrons. The highest BCUT2D eigenvalue weighted by Crippen LogP contribution is 2.14. The summed E-state index contributed by atoms with van der Waals surface area (Å²) in [6.45, 7) is 5.00. The van der Waals surface area contributed by atoms with E-state index in [4.69, 9.17) is 0 Å². The Morgan fingerprint density at radius 1 is 1.18 bits per heavy atom. The van der Waals surface area contributed by atoms with Crippen molar-refractivity contribution >= 4 is 6.03 Å². The van der Waals surface area contributed by atoms with Crippen molar-refractivity contribution in [3.05, 3.63) is 47.8 Å². The molecule has 0 bridgehead atoms. The smallest absolute Gasteiger partial charge is 0.317 e. The zero-order valence-electron chi connectivity index (χ0n) is 17.1. The largest absolute Gasteiger partial charge is 1.00 e. The molecule has 2 amide bonds. The summed E-state index contributed by atoms with van der Waals surface area (Å²) < 4.78 is 0. The number of hydrazine groups is 1. The van der Waals surface area contributed by atoms with E-state index in [0.29, 0.717) is 0 Å². The lowest BCUT2D eigenvalue weighted by Crippen LogP contribution is -3.13. The predicted molar refractivity (Wildman–Crippen MR) is 108 cm³/mol. The minimum Gasteiger partial charge on any atom is -1.00 e. The summed E-state index contributed by atoms with van der Waals surface area (Å²) in [6.07, 6.45) is 8.86. The van der Waals surface area contributed by atoms with Crippen molar-refractivity contribution in [2.45, 2.75) is 51.5 Å². The maximum atomic E-state index is 12.2. The molecule has 156 valence electrons. The molecule has 28 heavy (non-hydrogen) atoms. The third kappa shape index (κ3) is 6.63. The number of halogens is 1. The number of nitrogens with zero attached hydrogens (tertiary/aromatic N) is 2. The molecule has 6 nitrogen and oxygen atoms in total. The van der Waals surface area contributed by atoms with Crippen LogP contribution in [-0.4, -0.2) is 48.7 Å². The van der Waals surface area contributed by atoms with Gasteiger partial charge in [0.15, 0.2) is 0 Å². The van der Waals surface area contributed by atoms with Gasteiger partial charge in [0.2, 0.25) is 0 Å². The molecule has 2 heterocycles. The van der Waals surface area contributed by atoms with E-state index < -0.39 is 0 Å². The van der Waals surface area contributed by atoms with Crippen LogP contribution in [-0.2, 0) is 6.42 Å². The van der Waals surface area contributed by atoms with E-state index >= 15 is 0 Å². The fourth-order valence-corrected chi connectivity index (χ4v) is 3.83. The SMILES string of the molecule is CCCC[NH+]1C=C(CCCCN2C[C@H](Cc3ccccc3)NC2=O)N(C)N1.[I-]. The topological polar surface area (TPSA) is 52.1 Å². The minimum atomic E-state index is 0. The third-order valence-corrected chi connectivity index (χ3v) is 5.37. The number of quaternary nitrogens is 1. The van der Waals surface area contributed by atoms with Crippen molar-refractivity contribution in [3.63, 3.8) is 0 Å². The molecule has 1 aromatic rings. The minimum absolute atomic E-state index is 0. The Balaban J connectivity index is 0.00000280. The lowest BCUT2D eigenvalue weighted by atomic mass is 10.1. The van der Waals surface area contributed by atoms with Gasteiger partial charge in [-0.25, -0.2) is 9.80 Å². The molecule has 0 aromatic heterocycles. The quantitative estimate of drug-likeness (QED) is 0.277. The van der Waals surface area contributed by atoms with Crippen molar-refractivity contribution in [2.24, 2.45) is 0 Å². The van der Waals surface area contributed by atoms with E-state index in [2.05, 4.69) is 60.3 Å². The van der Waals surface area contributed by atoms with Gasteiger partial charge in [0.1, 0.15) is 12.7 Å². The molecule has 1 fully saturated rings. The Labute approximate surface area is 186 Å². The van der Waals surface area contributed by atoms with Crippen LogP contribution in [0.3, 0.4) is 0 Å². The Hall–Kier alpha value is -1.32. The first-order valence-electron chi connectivity index (χ1n) is 10.3. The van der Waals surface area contributed by atoms with Crippen LogP contribution in [0.5, 0.6) is 0 Å². The molecule has 1 unspecified atom stereocenters. The Kier molecular flexibility index (Phi) is 9.53. The van der Waals surface area contributed by atoms with Crippen molar-refractivity contribution in [3.8, 4) is 0 Å². The number of unbranched alkanes of at least 4 members (excludes halogenated alkanes) is 2. The summed E-state index contributed by atoms with van der Waals surface area (Å²) in [5.41, 5.74) is 6.08. The molecule has 1 aromatic carbocycles.